The fourth-order valence-electron chi connectivity index (χ4n) is 2.49. The van der Waals surface area contributed by atoms with Gasteiger partial charge in [-0.15, -0.1) is 0 Å². The predicted octanol–water partition coefficient (Wildman–Crippen LogP) is 1.65. The summed E-state index contributed by atoms with van der Waals surface area (Å²) in [6.07, 6.45) is 7.77. The van der Waals surface area contributed by atoms with Crippen molar-refractivity contribution in [1.82, 2.24) is 9.38 Å². The quantitative estimate of drug-likeness (QED) is 0.868. The largest absolute Gasteiger partial charge is 0.353 e. The molecule has 1 fully saturated rings. The zero-order valence-electron chi connectivity index (χ0n) is 9.92. The summed E-state index contributed by atoms with van der Waals surface area (Å²) in [5.41, 5.74) is 6.74. The van der Waals surface area contributed by atoms with Crippen molar-refractivity contribution in [2.45, 2.75) is 25.3 Å². The third-order valence-electron chi connectivity index (χ3n) is 3.59. The van der Waals surface area contributed by atoms with E-state index in [1.807, 2.05) is 18.5 Å². The molecule has 0 atom stereocenters. The minimum atomic E-state index is 0.659. The van der Waals surface area contributed by atoms with Crippen molar-refractivity contribution in [2.24, 2.45) is 5.73 Å². The van der Waals surface area contributed by atoms with E-state index >= 15 is 0 Å². The molecule has 2 N–H and O–H groups in total. The smallest absolute Gasteiger partial charge is 0.138 e. The standard InChI is InChI=1S/C13H18N4/c14-7-9-16(11-3-1-4-11)13-6-2-5-12-15-8-10-17(12)13/h2,5-6,8,10-11H,1,3-4,7,9,14H2. The minimum absolute atomic E-state index is 0.659. The minimum Gasteiger partial charge on any atom is -0.353 e. The van der Waals surface area contributed by atoms with Gasteiger partial charge in [0.1, 0.15) is 11.5 Å². The summed E-state index contributed by atoms with van der Waals surface area (Å²) in [7, 11) is 0. The molecule has 4 nitrogen and oxygen atoms in total. The van der Waals surface area contributed by atoms with E-state index < -0.39 is 0 Å². The molecule has 1 aliphatic carbocycles. The van der Waals surface area contributed by atoms with E-state index in [0.29, 0.717) is 12.6 Å². The van der Waals surface area contributed by atoms with Gasteiger partial charge in [-0.3, -0.25) is 4.40 Å². The van der Waals surface area contributed by atoms with Crippen LogP contribution in [0.15, 0.2) is 30.6 Å². The van der Waals surface area contributed by atoms with E-state index in [2.05, 4.69) is 26.4 Å². The number of aromatic nitrogens is 2. The Morgan fingerprint density at radius 2 is 2.29 bits per heavy atom. The Kier molecular flexibility index (Phi) is 2.73. The summed E-state index contributed by atoms with van der Waals surface area (Å²) in [6.45, 7) is 1.61. The monoisotopic (exact) mass is 230 g/mol. The molecule has 2 aromatic heterocycles. The Labute approximate surface area is 101 Å². The van der Waals surface area contributed by atoms with Crippen molar-refractivity contribution in [1.29, 1.82) is 0 Å². The second-order valence-corrected chi connectivity index (χ2v) is 4.61. The zero-order valence-corrected chi connectivity index (χ0v) is 9.92. The number of hydrogen-bond donors (Lipinski definition) is 1. The lowest BCUT2D eigenvalue weighted by Gasteiger charge is -2.39. The maximum Gasteiger partial charge on any atom is 0.138 e. The van der Waals surface area contributed by atoms with Gasteiger partial charge in [0.2, 0.25) is 0 Å². The number of pyridine rings is 1. The molecule has 0 aliphatic heterocycles. The second kappa shape index (κ2) is 4.37. The first-order chi connectivity index (χ1) is 8.40. The van der Waals surface area contributed by atoms with Gasteiger partial charge in [0.05, 0.1) is 0 Å². The van der Waals surface area contributed by atoms with E-state index in [4.69, 9.17) is 5.73 Å². The first-order valence-electron chi connectivity index (χ1n) is 6.29. The highest BCUT2D eigenvalue weighted by Crippen LogP contribution is 2.29. The molecule has 0 spiro atoms. The average molecular weight is 230 g/mol. The van der Waals surface area contributed by atoms with Gasteiger partial charge < -0.3 is 10.6 Å². The fraction of sp³-hybridized carbons (Fsp3) is 0.462. The zero-order chi connectivity index (χ0) is 11.7. The van der Waals surface area contributed by atoms with Crippen molar-refractivity contribution < 1.29 is 0 Å². The molecule has 0 amide bonds. The molecule has 0 radical (unpaired) electrons. The Morgan fingerprint density at radius 3 is 3.00 bits per heavy atom. The summed E-state index contributed by atoms with van der Waals surface area (Å²) in [5, 5.41) is 0. The number of hydrogen-bond acceptors (Lipinski definition) is 3. The summed E-state index contributed by atoms with van der Waals surface area (Å²) in [5.74, 6) is 1.22. The first kappa shape index (κ1) is 10.6. The average Bonchev–Trinajstić information content (AvgIpc) is 2.73. The predicted molar refractivity (Wildman–Crippen MR) is 69.2 cm³/mol. The summed E-state index contributed by atoms with van der Waals surface area (Å²) in [4.78, 5) is 6.76. The van der Waals surface area contributed by atoms with Crippen LogP contribution in [0.25, 0.3) is 5.65 Å². The Bertz CT molecular complexity index is 501. The van der Waals surface area contributed by atoms with Crippen molar-refractivity contribution >= 4 is 11.5 Å². The Morgan fingerprint density at radius 1 is 1.41 bits per heavy atom. The molecule has 0 saturated heterocycles. The molecule has 4 heteroatoms. The Balaban J connectivity index is 2.01. The number of nitrogens with two attached hydrogens (primary N) is 1. The van der Waals surface area contributed by atoms with Gasteiger partial charge in [0, 0.05) is 31.5 Å². The topological polar surface area (TPSA) is 46.6 Å². The van der Waals surface area contributed by atoms with Gasteiger partial charge in [0.15, 0.2) is 0 Å². The molecule has 0 unspecified atom stereocenters. The van der Waals surface area contributed by atoms with Crippen LogP contribution in [-0.4, -0.2) is 28.5 Å². The number of fused-ring (bicyclic) bond motifs is 1. The van der Waals surface area contributed by atoms with E-state index in [1.165, 1.54) is 25.1 Å². The lowest BCUT2D eigenvalue weighted by atomic mass is 9.91. The van der Waals surface area contributed by atoms with Crippen LogP contribution in [0.5, 0.6) is 0 Å². The van der Waals surface area contributed by atoms with Crippen LogP contribution in [0.4, 0.5) is 5.82 Å². The number of rotatable bonds is 4. The molecule has 2 heterocycles. The van der Waals surface area contributed by atoms with Crippen LogP contribution >= 0.6 is 0 Å². The lowest BCUT2D eigenvalue weighted by molar-refractivity contribution is 0.385. The van der Waals surface area contributed by atoms with Crippen molar-refractivity contribution in [2.75, 3.05) is 18.0 Å². The van der Waals surface area contributed by atoms with Crippen molar-refractivity contribution in [3.8, 4) is 0 Å². The van der Waals surface area contributed by atoms with Crippen molar-refractivity contribution in [3.05, 3.63) is 30.6 Å². The van der Waals surface area contributed by atoms with Gasteiger partial charge in [0.25, 0.3) is 0 Å². The lowest BCUT2D eigenvalue weighted by Crippen LogP contribution is -2.43. The van der Waals surface area contributed by atoms with Gasteiger partial charge in [-0.1, -0.05) is 6.07 Å². The van der Waals surface area contributed by atoms with Crippen LogP contribution in [-0.2, 0) is 0 Å². The maximum atomic E-state index is 5.74. The number of nitrogens with zero attached hydrogens (tertiary/aromatic N) is 3. The normalized spacial score (nSPS) is 16.1. The fourth-order valence-corrected chi connectivity index (χ4v) is 2.49. The molecule has 1 saturated carbocycles. The van der Waals surface area contributed by atoms with Crippen LogP contribution in [0, 0.1) is 0 Å². The molecule has 17 heavy (non-hydrogen) atoms. The molecule has 0 bridgehead atoms. The molecule has 3 rings (SSSR count). The SMILES string of the molecule is NCCN(c1cccc2nccn12)C1CCC1. The third kappa shape index (κ3) is 1.78. The maximum absolute atomic E-state index is 5.74. The first-order valence-corrected chi connectivity index (χ1v) is 6.29. The number of imidazole rings is 1. The van der Waals surface area contributed by atoms with Crippen LogP contribution in [0.1, 0.15) is 19.3 Å². The highest BCUT2D eigenvalue weighted by molar-refractivity contribution is 5.52. The third-order valence-corrected chi connectivity index (χ3v) is 3.59. The van der Waals surface area contributed by atoms with Crippen LogP contribution < -0.4 is 10.6 Å². The van der Waals surface area contributed by atoms with E-state index in [0.717, 1.165) is 12.2 Å². The van der Waals surface area contributed by atoms with Gasteiger partial charge in [-0.25, -0.2) is 4.98 Å². The van der Waals surface area contributed by atoms with Crippen LogP contribution in [0.3, 0.4) is 0 Å². The molecule has 0 aromatic carbocycles. The number of anilines is 1. The van der Waals surface area contributed by atoms with E-state index in [1.54, 1.807) is 0 Å². The van der Waals surface area contributed by atoms with Gasteiger partial charge >= 0.3 is 0 Å². The van der Waals surface area contributed by atoms with Crippen molar-refractivity contribution in [3.63, 3.8) is 0 Å². The highest BCUT2D eigenvalue weighted by Gasteiger charge is 2.25. The molecule has 2 aromatic rings. The van der Waals surface area contributed by atoms with E-state index in [-0.39, 0.29) is 0 Å². The van der Waals surface area contributed by atoms with Crippen LogP contribution in [0.2, 0.25) is 0 Å². The summed E-state index contributed by atoms with van der Waals surface area (Å²) < 4.78 is 2.15. The molecular formula is C13H18N4. The molecular weight excluding hydrogens is 212 g/mol. The highest BCUT2D eigenvalue weighted by atomic mass is 15.3. The Hall–Kier alpha value is -1.55. The molecule has 90 valence electrons. The second-order valence-electron chi connectivity index (χ2n) is 4.61. The van der Waals surface area contributed by atoms with Gasteiger partial charge in [-0.2, -0.15) is 0 Å². The molecule has 1 aliphatic rings. The van der Waals surface area contributed by atoms with Gasteiger partial charge in [-0.05, 0) is 31.4 Å². The summed E-state index contributed by atoms with van der Waals surface area (Å²) in [6, 6.07) is 6.92. The summed E-state index contributed by atoms with van der Waals surface area (Å²) >= 11 is 0. The van der Waals surface area contributed by atoms with E-state index in [9.17, 15) is 0 Å².